The molecule has 0 saturated heterocycles. The molecule has 22 heavy (non-hydrogen) atoms. The number of methoxy groups -OCH3 is 1. The molecule has 0 aromatic heterocycles. The van der Waals surface area contributed by atoms with Crippen molar-refractivity contribution in [3.8, 4) is 17.2 Å². The molecule has 0 aliphatic carbocycles. The van der Waals surface area contributed by atoms with E-state index in [-0.39, 0.29) is 11.7 Å². The van der Waals surface area contributed by atoms with E-state index in [4.69, 9.17) is 9.47 Å². The Labute approximate surface area is 142 Å². The van der Waals surface area contributed by atoms with Gasteiger partial charge in [0.1, 0.15) is 5.75 Å². The van der Waals surface area contributed by atoms with Crippen LogP contribution in [0.15, 0.2) is 36.4 Å². The van der Waals surface area contributed by atoms with Gasteiger partial charge in [-0.1, -0.05) is 0 Å². The Bertz CT molecular complexity index is 671. The monoisotopic (exact) mass is 413 g/mol. The van der Waals surface area contributed by atoms with Crippen molar-refractivity contribution in [1.82, 2.24) is 0 Å². The molecule has 0 bridgehead atoms. The number of anilines is 1. The molecule has 0 aliphatic heterocycles. The van der Waals surface area contributed by atoms with Gasteiger partial charge in [0, 0.05) is 11.3 Å². The summed E-state index contributed by atoms with van der Waals surface area (Å²) in [5.41, 5.74) is 1.08. The van der Waals surface area contributed by atoms with Crippen LogP contribution < -0.4 is 14.8 Å². The second kappa shape index (κ2) is 7.35. The zero-order valence-electron chi connectivity index (χ0n) is 12.2. The predicted octanol–water partition coefficient (Wildman–Crippen LogP) is 3.66. The summed E-state index contributed by atoms with van der Waals surface area (Å²) in [6.07, 6.45) is 0. The Morgan fingerprint density at radius 2 is 1.95 bits per heavy atom. The summed E-state index contributed by atoms with van der Waals surface area (Å²) in [5, 5.41) is 12.0. The lowest BCUT2D eigenvalue weighted by molar-refractivity contribution is 0.102. The molecular weight excluding hydrogens is 397 g/mol. The molecule has 0 unspecified atom stereocenters. The standard InChI is InChI=1S/C16H16INO4/c1-3-22-14-9-10(8-13(17)15(14)21-2)16(20)18-11-4-6-12(19)7-5-11/h4-9,19H,3H2,1-2H3,(H,18,20). The van der Waals surface area contributed by atoms with Crippen LogP contribution in [0.25, 0.3) is 0 Å². The molecule has 2 N–H and O–H groups in total. The number of aromatic hydroxyl groups is 1. The van der Waals surface area contributed by atoms with Gasteiger partial charge in [0.15, 0.2) is 11.5 Å². The van der Waals surface area contributed by atoms with Crippen molar-refractivity contribution in [3.63, 3.8) is 0 Å². The third kappa shape index (κ3) is 3.82. The summed E-state index contributed by atoms with van der Waals surface area (Å²) in [7, 11) is 1.57. The topological polar surface area (TPSA) is 67.8 Å². The van der Waals surface area contributed by atoms with Crippen LogP contribution in [0, 0.1) is 3.57 Å². The Kier molecular flexibility index (Phi) is 5.48. The molecule has 1 amide bonds. The lowest BCUT2D eigenvalue weighted by Crippen LogP contribution is -2.12. The summed E-state index contributed by atoms with van der Waals surface area (Å²) < 4.78 is 11.6. The van der Waals surface area contributed by atoms with Crippen molar-refractivity contribution in [2.24, 2.45) is 0 Å². The van der Waals surface area contributed by atoms with Crippen LogP contribution in [-0.2, 0) is 0 Å². The Morgan fingerprint density at radius 3 is 2.55 bits per heavy atom. The van der Waals surface area contributed by atoms with Crippen LogP contribution in [-0.4, -0.2) is 24.7 Å². The van der Waals surface area contributed by atoms with Gasteiger partial charge >= 0.3 is 0 Å². The SMILES string of the molecule is CCOc1cc(C(=O)Nc2ccc(O)cc2)cc(I)c1OC. The molecule has 2 aromatic rings. The molecule has 0 spiro atoms. The predicted molar refractivity (Wildman–Crippen MR) is 92.9 cm³/mol. The van der Waals surface area contributed by atoms with Gasteiger partial charge in [0.05, 0.1) is 17.3 Å². The highest BCUT2D eigenvalue weighted by Gasteiger charge is 2.15. The number of carbonyl (C=O) groups is 1. The second-order valence-corrected chi connectivity index (χ2v) is 5.59. The molecule has 5 nitrogen and oxygen atoms in total. The molecule has 116 valence electrons. The minimum absolute atomic E-state index is 0.149. The van der Waals surface area contributed by atoms with E-state index in [9.17, 15) is 9.90 Å². The fourth-order valence-electron chi connectivity index (χ4n) is 1.91. The molecule has 0 atom stereocenters. The summed E-state index contributed by atoms with van der Waals surface area (Å²) in [6.45, 7) is 2.35. The summed E-state index contributed by atoms with van der Waals surface area (Å²) in [4.78, 5) is 12.3. The summed E-state index contributed by atoms with van der Waals surface area (Å²) >= 11 is 2.10. The molecular formula is C16H16INO4. The Hall–Kier alpha value is -1.96. The fraction of sp³-hybridized carbons (Fsp3) is 0.188. The Balaban J connectivity index is 2.27. The molecule has 0 aliphatic rings. The first-order valence-electron chi connectivity index (χ1n) is 6.66. The van der Waals surface area contributed by atoms with E-state index in [2.05, 4.69) is 27.9 Å². The summed E-state index contributed by atoms with van der Waals surface area (Å²) in [6, 6.07) is 9.67. The number of nitrogens with one attached hydrogen (secondary N) is 1. The smallest absolute Gasteiger partial charge is 0.255 e. The highest BCUT2D eigenvalue weighted by Crippen LogP contribution is 2.34. The number of carbonyl (C=O) groups excluding carboxylic acids is 1. The van der Waals surface area contributed by atoms with Crippen molar-refractivity contribution in [2.75, 3.05) is 19.0 Å². The van der Waals surface area contributed by atoms with Gasteiger partial charge in [-0.2, -0.15) is 0 Å². The molecule has 0 heterocycles. The van der Waals surface area contributed by atoms with Crippen molar-refractivity contribution < 1.29 is 19.4 Å². The van der Waals surface area contributed by atoms with Gasteiger partial charge in [0.25, 0.3) is 5.91 Å². The first-order chi connectivity index (χ1) is 10.5. The second-order valence-electron chi connectivity index (χ2n) is 4.42. The third-order valence-electron chi connectivity index (χ3n) is 2.90. The van der Waals surface area contributed by atoms with Gasteiger partial charge in [-0.15, -0.1) is 0 Å². The molecule has 6 heteroatoms. The first-order valence-corrected chi connectivity index (χ1v) is 7.73. The van der Waals surface area contributed by atoms with E-state index in [1.807, 2.05) is 6.92 Å². The van der Waals surface area contributed by atoms with E-state index in [0.717, 1.165) is 3.57 Å². The van der Waals surface area contributed by atoms with Crippen molar-refractivity contribution in [2.45, 2.75) is 6.92 Å². The van der Waals surface area contributed by atoms with Crippen LogP contribution >= 0.6 is 22.6 Å². The maximum absolute atomic E-state index is 12.3. The number of phenols is 1. The molecule has 2 aromatic carbocycles. The lowest BCUT2D eigenvalue weighted by Gasteiger charge is -2.13. The molecule has 2 rings (SSSR count). The number of hydrogen-bond donors (Lipinski definition) is 2. The van der Waals surface area contributed by atoms with Gasteiger partial charge in [-0.25, -0.2) is 0 Å². The number of benzene rings is 2. The Morgan fingerprint density at radius 1 is 1.27 bits per heavy atom. The van der Waals surface area contributed by atoms with Gasteiger partial charge in [-0.3, -0.25) is 4.79 Å². The largest absolute Gasteiger partial charge is 0.508 e. The fourth-order valence-corrected chi connectivity index (χ4v) is 2.73. The maximum Gasteiger partial charge on any atom is 0.255 e. The van der Waals surface area contributed by atoms with E-state index >= 15 is 0 Å². The number of ether oxygens (including phenoxy) is 2. The number of halogens is 1. The van der Waals surface area contributed by atoms with Gasteiger partial charge in [0.2, 0.25) is 0 Å². The summed E-state index contributed by atoms with van der Waals surface area (Å²) in [5.74, 6) is 1.04. The van der Waals surface area contributed by atoms with Crippen LogP contribution in [0.1, 0.15) is 17.3 Å². The molecule has 0 fully saturated rings. The van der Waals surface area contributed by atoms with E-state index in [1.54, 1.807) is 31.4 Å². The number of rotatable bonds is 5. The van der Waals surface area contributed by atoms with Crippen molar-refractivity contribution in [1.29, 1.82) is 0 Å². The number of amides is 1. The van der Waals surface area contributed by atoms with E-state index in [0.29, 0.717) is 29.4 Å². The average Bonchev–Trinajstić information content (AvgIpc) is 2.49. The number of hydrogen-bond acceptors (Lipinski definition) is 4. The van der Waals surface area contributed by atoms with Crippen LogP contribution in [0.4, 0.5) is 5.69 Å². The van der Waals surface area contributed by atoms with Gasteiger partial charge < -0.3 is 19.9 Å². The zero-order valence-corrected chi connectivity index (χ0v) is 14.4. The maximum atomic E-state index is 12.3. The third-order valence-corrected chi connectivity index (χ3v) is 3.70. The number of phenolic OH excluding ortho intramolecular Hbond substituents is 1. The highest BCUT2D eigenvalue weighted by molar-refractivity contribution is 14.1. The average molecular weight is 413 g/mol. The quantitative estimate of drug-likeness (QED) is 0.580. The normalized spacial score (nSPS) is 10.1. The minimum Gasteiger partial charge on any atom is -0.508 e. The van der Waals surface area contributed by atoms with Crippen molar-refractivity contribution in [3.05, 3.63) is 45.5 Å². The van der Waals surface area contributed by atoms with E-state index < -0.39 is 0 Å². The zero-order chi connectivity index (χ0) is 16.1. The van der Waals surface area contributed by atoms with Crippen molar-refractivity contribution >= 4 is 34.2 Å². The van der Waals surface area contributed by atoms with Crippen LogP contribution in [0.5, 0.6) is 17.2 Å². The van der Waals surface area contributed by atoms with E-state index in [1.165, 1.54) is 12.1 Å². The minimum atomic E-state index is -0.257. The lowest BCUT2D eigenvalue weighted by atomic mass is 10.1. The van der Waals surface area contributed by atoms with Crippen LogP contribution in [0.2, 0.25) is 0 Å². The molecule has 0 saturated carbocycles. The first kappa shape index (κ1) is 16.4. The molecule has 0 radical (unpaired) electrons. The highest BCUT2D eigenvalue weighted by atomic mass is 127. The van der Waals surface area contributed by atoms with Crippen LogP contribution in [0.3, 0.4) is 0 Å². The van der Waals surface area contributed by atoms with Gasteiger partial charge in [-0.05, 0) is 65.9 Å².